The first-order valence-electron chi connectivity index (χ1n) is 6.12. The SMILES string of the molecule is CC(F)(F)C1(OCc2ccccc2)COCCC1=O. The molecule has 3 nitrogen and oxygen atoms in total. The van der Waals surface area contributed by atoms with Crippen LogP contribution in [0.25, 0.3) is 0 Å². The number of hydrogen-bond acceptors (Lipinski definition) is 3. The first kappa shape index (κ1) is 14.1. The fourth-order valence-electron chi connectivity index (χ4n) is 2.06. The molecule has 104 valence electrons. The number of carbonyl (C=O) groups is 1. The van der Waals surface area contributed by atoms with E-state index in [4.69, 9.17) is 9.47 Å². The van der Waals surface area contributed by atoms with Crippen molar-refractivity contribution in [2.24, 2.45) is 0 Å². The Morgan fingerprint density at radius 2 is 2.05 bits per heavy atom. The maximum Gasteiger partial charge on any atom is 0.283 e. The van der Waals surface area contributed by atoms with Crippen molar-refractivity contribution in [2.75, 3.05) is 13.2 Å². The Labute approximate surface area is 110 Å². The van der Waals surface area contributed by atoms with Crippen molar-refractivity contribution >= 4 is 5.78 Å². The maximum atomic E-state index is 13.8. The number of carbonyl (C=O) groups excluding carboxylic acids is 1. The number of rotatable bonds is 4. The number of alkyl halides is 2. The molecular formula is C14H16F2O3. The lowest BCUT2D eigenvalue weighted by Crippen LogP contribution is -2.60. The fourth-order valence-corrected chi connectivity index (χ4v) is 2.06. The van der Waals surface area contributed by atoms with Gasteiger partial charge in [-0.25, -0.2) is 8.78 Å². The lowest BCUT2D eigenvalue weighted by atomic mass is 9.88. The second-order valence-electron chi connectivity index (χ2n) is 4.72. The van der Waals surface area contributed by atoms with Gasteiger partial charge in [0.1, 0.15) is 0 Å². The lowest BCUT2D eigenvalue weighted by Gasteiger charge is -2.39. The van der Waals surface area contributed by atoms with Gasteiger partial charge in [-0.3, -0.25) is 4.79 Å². The first-order valence-corrected chi connectivity index (χ1v) is 6.12. The van der Waals surface area contributed by atoms with E-state index in [1.807, 2.05) is 6.07 Å². The number of Topliss-reactive ketones (excluding diaryl/α,β-unsaturated/α-hetero) is 1. The second-order valence-corrected chi connectivity index (χ2v) is 4.72. The Kier molecular flexibility index (Phi) is 3.96. The topological polar surface area (TPSA) is 35.5 Å². The number of ether oxygens (including phenoxy) is 2. The molecule has 1 atom stereocenters. The molecule has 0 radical (unpaired) electrons. The highest BCUT2D eigenvalue weighted by molar-refractivity contribution is 5.89. The van der Waals surface area contributed by atoms with Crippen LogP contribution in [0, 0.1) is 0 Å². The van der Waals surface area contributed by atoms with E-state index in [0.717, 1.165) is 5.56 Å². The molecule has 0 amide bonds. The molecule has 19 heavy (non-hydrogen) atoms. The standard InChI is InChI=1S/C14H16F2O3/c1-13(15,16)14(10-18-8-7-12(14)17)19-9-11-5-3-2-4-6-11/h2-6H,7-10H2,1H3. The van der Waals surface area contributed by atoms with Crippen molar-refractivity contribution < 1.29 is 23.0 Å². The van der Waals surface area contributed by atoms with E-state index in [9.17, 15) is 13.6 Å². The van der Waals surface area contributed by atoms with Crippen molar-refractivity contribution in [2.45, 2.75) is 31.5 Å². The van der Waals surface area contributed by atoms with Gasteiger partial charge in [0.25, 0.3) is 5.92 Å². The van der Waals surface area contributed by atoms with Gasteiger partial charge in [0, 0.05) is 13.3 Å². The van der Waals surface area contributed by atoms with Crippen LogP contribution < -0.4 is 0 Å². The largest absolute Gasteiger partial charge is 0.377 e. The highest BCUT2D eigenvalue weighted by atomic mass is 19.3. The normalized spacial score (nSPS) is 24.5. The monoisotopic (exact) mass is 270 g/mol. The van der Waals surface area contributed by atoms with E-state index < -0.39 is 23.9 Å². The van der Waals surface area contributed by atoms with Crippen LogP contribution in [0.4, 0.5) is 8.78 Å². The summed E-state index contributed by atoms with van der Waals surface area (Å²) >= 11 is 0. The van der Waals surface area contributed by atoms with Gasteiger partial charge in [-0.05, 0) is 5.56 Å². The number of halogens is 2. The fraction of sp³-hybridized carbons (Fsp3) is 0.500. The van der Waals surface area contributed by atoms with Gasteiger partial charge >= 0.3 is 0 Å². The average Bonchev–Trinajstić information content (AvgIpc) is 2.38. The molecule has 1 fully saturated rings. The average molecular weight is 270 g/mol. The second kappa shape index (κ2) is 5.35. The zero-order chi connectivity index (χ0) is 13.9. The summed E-state index contributed by atoms with van der Waals surface area (Å²) in [5, 5.41) is 0. The molecule has 0 bridgehead atoms. The number of hydrogen-bond donors (Lipinski definition) is 0. The van der Waals surface area contributed by atoms with Crippen molar-refractivity contribution in [1.29, 1.82) is 0 Å². The van der Waals surface area contributed by atoms with Crippen LogP contribution in [0.3, 0.4) is 0 Å². The van der Waals surface area contributed by atoms with Crippen LogP contribution in [0.1, 0.15) is 18.9 Å². The smallest absolute Gasteiger partial charge is 0.283 e. The predicted octanol–water partition coefficient (Wildman–Crippen LogP) is 2.59. The third-order valence-corrected chi connectivity index (χ3v) is 3.27. The quantitative estimate of drug-likeness (QED) is 0.843. The minimum absolute atomic E-state index is 0.0423. The van der Waals surface area contributed by atoms with E-state index >= 15 is 0 Å². The number of ketones is 1. The van der Waals surface area contributed by atoms with E-state index in [1.165, 1.54) is 0 Å². The summed E-state index contributed by atoms with van der Waals surface area (Å²) in [6.45, 7) is 0.428. The molecule has 0 aliphatic carbocycles. The molecule has 1 saturated heterocycles. The van der Waals surface area contributed by atoms with E-state index in [2.05, 4.69) is 0 Å². The van der Waals surface area contributed by atoms with Gasteiger partial charge in [0.15, 0.2) is 5.78 Å². The van der Waals surface area contributed by atoms with Crippen molar-refractivity contribution in [3.63, 3.8) is 0 Å². The highest BCUT2D eigenvalue weighted by Crippen LogP contribution is 2.36. The molecule has 0 N–H and O–H groups in total. The van der Waals surface area contributed by atoms with Crippen molar-refractivity contribution in [3.8, 4) is 0 Å². The number of benzene rings is 1. The molecule has 1 aromatic carbocycles. The van der Waals surface area contributed by atoms with Crippen molar-refractivity contribution in [3.05, 3.63) is 35.9 Å². The molecule has 0 spiro atoms. The van der Waals surface area contributed by atoms with Crippen LogP contribution >= 0.6 is 0 Å². The Morgan fingerprint density at radius 3 is 2.63 bits per heavy atom. The molecular weight excluding hydrogens is 254 g/mol. The first-order chi connectivity index (χ1) is 8.96. The van der Waals surface area contributed by atoms with Gasteiger partial charge in [-0.1, -0.05) is 30.3 Å². The van der Waals surface area contributed by atoms with E-state index in [1.54, 1.807) is 24.3 Å². The van der Waals surface area contributed by atoms with Gasteiger partial charge in [0.2, 0.25) is 5.60 Å². The Bertz CT molecular complexity index is 442. The van der Waals surface area contributed by atoms with Crippen LogP contribution in [-0.2, 0) is 20.9 Å². The van der Waals surface area contributed by atoms with Gasteiger partial charge in [0.05, 0.1) is 19.8 Å². The zero-order valence-corrected chi connectivity index (χ0v) is 10.7. The van der Waals surface area contributed by atoms with Crippen LogP contribution in [0.2, 0.25) is 0 Å². The lowest BCUT2D eigenvalue weighted by molar-refractivity contribution is -0.232. The highest BCUT2D eigenvalue weighted by Gasteiger charge is 2.58. The summed E-state index contributed by atoms with van der Waals surface area (Å²) in [6, 6.07) is 8.91. The molecule has 0 saturated carbocycles. The van der Waals surface area contributed by atoms with Gasteiger partial charge < -0.3 is 9.47 Å². The maximum absolute atomic E-state index is 13.8. The molecule has 5 heteroatoms. The molecule has 1 unspecified atom stereocenters. The van der Waals surface area contributed by atoms with Crippen molar-refractivity contribution in [1.82, 2.24) is 0 Å². The minimum atomic E-state index is -3.28. The predicted molar refractivity (Wildman–Crippen MR) is 65.0 cm³/mol. The summed E-state index contributed by atoms with van der Waals surface area (Å²) in [6.07, 6.45) is -0.0434. The van der Waals surface area contributed by atoms with Gasteiger partial charge in [-0.2, -0.15) is 0 Å². The van der Waals surface area contributed by atoms with E-state index in [0.29, 0.717) is 6.92 Å². The molecule has 1 heterocycles. The van der Waals surface area contributed by atoms with E-state index in [-0.39, 0.29) is 19.6 Å². The third-order valence-electron chi connectivity index (χ3n) is 3.27. The van der Waals surface area contributed by atoms with Crippen LogP contribution in [0.15, 0.2) is 30.3 Å². The summed E-state index contributed by atoms with van der Waals surface area (Å²) < 4.78 is 37.9. The summed E-state index contributed by atoms with van der Waals surface area (Å²) in [4.78, 5) is 11.9. The Balaban J connectivity index is 2.17. The molecule has 2 rings (SSSR count). The molecule has 1 aliphatic heterocycles. The van der Waals surface area contributed by atoms with Crippen LogP contribution in [-0.4, -0.2) is 30.5 Å². The van der Waals surface area contributed by atoms with Gasteiger partial charge in [-0.15, -0.1) is 0 Å². The molecule has 1 aromatic rings. The van der Waals surface area contributed by atoms with Crippen LogP contribution in [0.5, 0.6) is 0 Å². The third kappa shape index (κ3) is 2.82. The zero-order valence-electron chi connectivity index (χ0n) is 10.7. The molecule has 1 aliphatic rings. The molecule has 0 aromatic heterocycles. The summed E-state index contributed by atoms with van der Waals surface area (Å²) in [5.74, 6) is -3.87. The summed E-state index contributed by atoms with van der Waals surface area (Å²) in [5.41, 5.74) is -1.43. The minimum Gasteiger partial charge on any atom is -0.377 e. The Morgan fingerprint density at radius 1 is 1.37 bits per heavy atom. The Hall–Kier alpha value is -1.33. The summed E-state index contributed by atoms with van der Waals surface area (Å²) in [7, 11) is 0.